The van der Waals surface area contributed by atoms with Gasteiger partial charge in [-0.3, -0.25) is 14.3 Å². The molecule has 1 aromatic carbocycles. The summed E-state index contributed by atoms with van der Waals surface area (Å²) in [5, 5.41) is 0. The van der Waals surface area contributed by atoms with E-state index in [0.29, 0.717) is 0 Å². The number of benzene rings is 1. The molecule has 4 heterocycles. The Kier molecular flexibility index (Phi) is 7.99. The van der Waals surface area contributed by atoms with Crippen molar-refractivity contribution in [3.63, 3.8) is 0 Å². The van der Waals surface area contributed by atoms with Gasteiger partial charge < -0.3 is 4.74 Å². The normalized spacial score (nSPS) is 14.3. The highest BCUT2D eigenvalue weighted by molar-refractivity contribution is 5.85. The van der Waals surface area contributed by atoms with E-state index in [1.165, 1.54) is 5.56 Å². The maximum atomic E-state index is 5.44. The Morgan fingerprint density at radius 2 is 1.73 bits per heavy atom. The van der Waals surface area contributed by atoms with Crippen molar-refractivity contribution in [2.24, 2.45) is 0 Å². The monoisotopic (exact) mass is 464 g/mol. The predicted molar refractivity (Wildman–Crippen MR) is 131 cm³/mol. The van der Waals surface area contributed by atoms with E-state index in [9.17, 15) is 0 Å². The highest BCUT2D eigenvalue weighted by Gasteiger charge is 2.14. The van der Waals surface area contributed by atoms with Gasteiger partial charge in [0, 0.05) is 38.1 Å². The summed E-state index contributed by atoms with van der Waals surface area (Å²) in [6, 6.07) is 12.4. The molecule has 33 heavy (non-hydrogen) atoms. The standard InChI is InChI=1S/C25H28N6O.ClH/c1-2-5-20(6-3-1)8-9-24-27-11-10-21(29-24)23-19-28-25-22(26-12-14-31(23)25)7-4-13-30-15-17-32-18-16-30;/h1-3,5-6,10-12,14,19H,4,7-9,13,15-18H2;1H. The first-order valence-corrected chi connectivity index (χ1v) is 11.3. The van der Waals surface area contributed by atoms with Crippen molar-refractivity contribution in [2.75, 3.05) is 32.8 Å². The number of nitrogens with zero attached hydrogens (tertiary/aromatic N) is 6. The van der Waals surface area contributed by atoms with Crippen molar-refractivity contribution < 1.29 is 4.74 Å². The quantitative estimate of drug-likeness (QED) is 0.396. The summed E-state index contributed by atoms with van der Waals surface area (Å²) in [6.45, 7) is 4.78. The number of aromatic nitrogens is 5. The number of hydrogen-bond donors (Lipinski definition) is 0. The number of fused-ring (bicyclic) bond motifs is 1. The molecule has 1 saturated heterocycles. The van der Waals surface area contributed by atoms with Gasteiger partial charge in [0.05, 0.1) is 36.5 Å². The number of hydrogen-bond acceptors (Lipinski definition) is 6. The topological polar surface area (TPSA) is 68.4 Å². The molecule has 0 radical (unpaired) electrons. The van der Waals surface area contributed by atoms with Crippen LogP contribution in [0.1, 0.15) is 23.5 Å². The van der Waals surface area contributed by atoms with Gasteiger partial charge in [0.2, 0.25) is 0 Å². The Morgan fingerprint density at radius 3 is 2.58 bits per heavy atom. The third-order valence-corrected chi connectivity index (χ3v) is 5.94. The second kappa shape index (κ2) is 11.3. The number of aryl methyl sites for hydroxylation is 3. The number of rotatable bonds is 8. The molecular weight excluding hydrogens is 436 g/mol. The average molecular weight is 465 g/mol. The largest absolute Gasteiger partial charge is 0.379 e. The molecular formula is C25H29ClN6O. The molecule has 1 fully saturated rings. The van der Waals surface area contributed by atoms with E-state index < -0.39 is 0 Å². The van der Waals surface area contributed by atoms with Crippen LogP contribution in [0.4, 0.5) is 0 Å². The van der Waals surface area contributed by atoms with Gasteiger partial charge in [0.25, 0.3) is 0 Å². The lowest BCUT2D eigenvalue weighted by Gasteiger charge is -2.26. The fourth-order valence-electron chi connectivity index (χ4n) is 4.20. The summed E-state index contributed by atoms with van der Waals surface area (Å²) in [6.07, 6.45) is 11.3. The molecule has 5 rings (SSSR count). The van der Waals surface area contributed by atoms with E-state index in [-0.39, 0.29) is 12.4 Å². The van der Waals surface area contributed by atoms with E-state index in [4.69, 9.17) is 14.7 Å². The fraction of sp³-hybridized carbons (Fsp3) is 0.360. The van der Waals surface area contributed by atoms with Gasteiger partial charge in [-0.1, -0.05) is 30.3 Å². The third kappa shape index (κ3) is 5.74. The van der Waals surface area contributed by atoms with Crippen LogP contribution in [-0.4, -0.2) is 62.1 Å². The Labute approximate surface area is 200 Å². The Morgan fingerprint density at radius 1 is 0.879 bits per heavy atom. The van der Waals surface area contributed by atoms with Gasteiger partial charge in [-0.15, -0.1) is 12.4 Å². The molecule has 0 atom stereocenters. The van der Waals surface area contributed by atoms with E-state index in [1.54, 1.807) is 0 Å². The lowest BCUT2D eigenvalue weighted by Crippen LogP contribution is -2.37. The second-order valence-electron chi connectivity index (χ2n) is 8.11. The summed E-state index contributed by atoms with van der Waals surface area (Å²) < 4.78 is 7.53. The molecule has 0 aliphatic carbocycles. The van der Waals surface area contributed by atoms with Crippen LogP contribution in [0, 0.1) is 0 Å². The zero-order valence-corrected chi connectivity index (χ0v) is 19.5. The minimum atomic E-state index is 0. The molecule has 4 aromatic rings. The Balaban J connectivity index is 0.00000259. The van der Waals surface area contributed by atoms with Crippen molar-refractivity contribution in [3.05, 3.63) is 78.3 Å². The molecule has 172 valence electrons. The van der Waals surface area contributed by atoms with Crippen LogP contribution in [0.15, 0.2) is 61.2 Å². The fourth-order valence-corrected chi connectivity index (χ4v) is 4.20. The van der Waals surface area contributed by atoms with Crippen LogP contribution < -0.4 is 0 Å². The minimum Gasteiger partial charge on any atom is -0.379 e. The van der Waals surface area contributed by atoms with Crippen LogP contribution in [0.3, 0.4) is 0 Å². The van der Waals surface area contributed by atoms with Crippen molar-refractivity contribution in [1.29, 1.82) is 0 Å². The lowest BCUT2D eigenvalue weighted by molar-refractivity contribution is 0.0374. The van der Waals surface area contributed by atoms with Gasteiger partial charge >= 0.3 is 0 Å². The number of ether oxygens (including phenoxy) is 1. The number of imidazole rings is 1. The molecule has 0 unspecified atom stereocenters. The van der Waals surface area contributed by atoms with Gasteiger partial charge in [0.15, 0.2) is 5.65 Å². The van der Waals surface area contributed by atoms with Crippen LogP contribution in [0.25, 0.3) is 17.0 Å². The third-order valence-electron chi connectivity index (χ3n) is 5.94. The summed E-state index contributed by atoms with van der Waals surface area (Å²) in [4.78, 5) is 21.1. The predicted octanol–water partition coefficient (Wildman–Crippen LogP) is 3.66. The second-order valence-corrected chi connectivity index (χ2v) is 8.11. The molecule has 0 spiro atoms. The Bertz CT molecular complexity index is 1160. The van der Waals surface area contributed by atoms with E-state index in [0.717, 1.165) is 87.1 Å². The van der Waals surface area contributed by atoms with Crippen molar-refractivity contribution in [3.8, 4) is 11.4 Å². The molecule has 8 heteroatoms. The van der Waals surface area contributed by atoms with E-state index >= 15 is 0 Å². The first-order valence-electron chi connectivity index (χ1n) is 11.3. The van der Waals surface area contributed by atoms with Crippen LogP contribution in [-0.2, 0) is 24.0 Å². The minimum absolute atomic E-state index is 0. The van der Waals surface area contributed by atoms with Crippen molar-refractivity contribution >= 4 is 18.1 Å². The van der Waals surface area contributed by atoms with Crippen LogP contribution in [0.2, 0.25) is 0 Å². The summed E-state index contributed by atoms with van der Waals surface area (Å²) in [5.41, 5.74) is 5.10. The van der Waals surface area contributed by atoms with Crippen LogP contribution >= 0.6 is 12.4 Å². The maximum Gasteiger partial charge on any atom is 0.159 e. The zero-order chi connectivity index (χ0) is 21.6. The lowest BCUT2D eigenvalue weighted by atomic mass is 10.1. The zero-order valence-electron chi connectivity index (χ0n) is 18.6. The van der Waals surface area contributed by atoms with Crippen molar-refractivity contribution in [2.45, 2.75) is 25.7 Å². The first-order chi connectivity index (χ1) is 15.9. The molecule has 0 bridgehead atoms. The summed E-state index contributed by atoms with van der Waals surface area (Å²) >= 11 is 0. The smallest absolute Gasteiger partial charge is 0.159 e. The number of morpholine rings is 1. The van der Waals surface area contributed by atoms with Gasteiger partial charge in [-0.05, 0) is 37.4 Å². The maximum absolute atomic E-state index is 5.44. The highest BCUT2D eigenvalue weighted by Crippen LogP contribution is 2.21. The Hall–Kier alpha value is -2.87. The van der Waals surface area contributed by atoms with Crippen LogP contribution in [0.5, 0.6) is 0 Å². The SMILES string of the molecule is Cl.c1ccc(CCc2nccc(-c3cnc4c(CCCN5CCOCC5)nccn34)n2)cc1. The van der Waals surface area contributed by atoms with E-state index in [2.05, 4.69) is 43.5 Å². The van der Waals surface area contributed by atoms with Crippen molar-refractivity contribution in [1.82, 2.24) is 29.2 Å². The van der Waals surface area contributed by atoms with Gasteiger partial charge in [0.1, 0.15) is 5.82 Å². The molecule has 1 aliphatic heterocycles. The molecule has 0 N–H and O–H groups in total. The molecule has 0 saturated carbocycles. The number of halogens is 1. The summed E-state index contributed by atoms with van der Waals surface area (Å²) in [5.74, 6) is 0.848. The highest BCUT2D eigenvalue weighted by atomic mass is 35.5. The average Bonchev–Trinajstić information content (AvgIpc) is 3.29. The van der Waals surface area contributed by atoms with Gasteiger partial charge in [-0.2, -0.15) is 0 Å². The molecule has 0 amide bonds. The molecule has 1 aliphatic rings. The van der Waals surface area contributed by atoms with E-state index in [1.807, 2.05) is 36.9 Å². The molecule has 7 nitrogen and oxygen atoms in total. The first kappa shape index (κ1) is 23.3. The molecule has 3 aromatic heterocycles. The summed E-state index contributed by atoms with van der Waals surface area (Å²) in [7, 11) is 0. The van der Waals surface area contributed by atoms with Gasteiger partial charge in [-0.25, -0.2) is 15.0 Å².